The van der Waals surface area contributed by atoms with Gasteiger partial charge in [-0.25, -0.2) is 4.98 Å². The van der Waals surface area contributed by atoms with Gasteiger partial charge in [0.15, 0.2) is 11.6 Å². The van der Waals surface area contributed by atoms with Crippen LogP contribution in [0.5, 0.6) is 5.75 Å². The smallest absolute Gasteiger partial charge is 0.274 e. The van der Waals surface area contributed by atoms with Crippen molar-refractivity contribution in [1.82, 2.24) is 4.98 Å². The van der Waals surface area contributed by atoms with E-state index in [2.05, 4.69) is 10.3 Å². The second-order valence-corrected chi connectivity index (χ2v) is 7.62. The van der Waals surface area contributed by atoms with Crippen LogP contribution < -0.4 is 15.0 Å². The molecule has 6 heteroatoms. The Labute approximate surface area is 181 Å². The number of amides is 2. The summed E-state index contributed by atoms with van der Waals surface area (Å²) in [6.45, 7) is 4.39. The van der Waals surface area contributed by atoms with Gasteiger partial charge < -0.3 is 10.1 Å². The summed E-state index contributed by atoms with van der Waals surface area (Å²) in [4.78, 5) is 31.6. The van der Waals surface area contributed by atoms with Gasteiger partial charge in [0.2, 0.25) is 12.0 Å². The minimum absolute atomic E-state index is 0.0738. The Morgan fingerprint density at radius 1 is 1.06 bits per heavy atom. The lowest BCUT2D eigenvalue weighted by molar-refractivity contribution is -0.127. The van der Waals surface area contributed by atoms with Gasteiger partial charge in [0, 0.05) is 30.4 Å². The predicted octanol–water partition coefficient (Wildman–Crippen LogP) is 4.58. The first-order valence-electron chi connectivity index (χ1n) is 10.4. The van der Waals surface area contributed by atoms with Gasteiger partial charge in [0.05, 0.1) is 0 Å². The molecule has 0 bridgehead atoms. The van der Waals surface area contributed by atoms with Crippen molar-refractivity contribution in [3.05, 3.63) is 83.6 Å². The maximum absolute atomic E-state index is 13.2. The average molecular weight is 415 g/mol. The Morgan fingerprint density at radius 2 is 1.87 bits per heavy atom. The van der Waals surface area contributed by atoms with E-state index in [1.165, 1.54) is 0 Å². The fourth-order valence-corrected chi connectivity index (χ4v) is 3.65. The second-order valence-electron chi connectivity index (χ2n) is 7.62. The number of carbonyl (C=O) groups is 2. The molecule has 0 aliphatic carbocycles. The zero-order chi connectivity index (χ0) is 21.8. The van der Waals surface area contributed by atoms with Crippen LogP contribution >= 0.6 is 0 Å². The number of ether oxygens (including phenoxy) is 1. The van der Waals surface area contributed by atoms with E-state index < -0.39 is 6.10 Å². The number of carbonyl (C=O) groups excluding carboxylic acids is 2. The van der Waals surface area contributed by atoms with E-state index in [9.17, 15) is 9.59 Å². The molecule has 2 heterocycles. The summed E-state index contributed by atoms with van der Waals surface area (Å²) in [6, 6.07) is 18.9. The maximum atomic E-state index is 13.2. The van der Waals surface area contributed by atoms with Gasteiger partial charge in [-0.05, 0) is 49.6 Å². The molecule has 2 aromatic carbocycles. The molecule has 0 saturated carbocycles. The number of pyridine rings is 1. The zero-order valence-corrected chi connectivity index (χ0v) is 17.7. The lowest BCUT2D eigenvalue weighted by atomic mass is 10.1. The van der Waals surface area contributed by atoms with Crippen LogP contribution in [0.3, 0.4) is 0 Å². The summed E-state index contributed by atoms with van der Waals surface area (Å²) in [6.07, 6.45) is 1.73. The fourth-order valence-electron chi connectivity index (χ4n) is 3.65. The molecule has 158 valence electrons. The average Bonchev–Trinajstić information content (AvgIpc) is 2.79. The van der Waals surface area contributed by atoms with Gasteiger partial charge >= 0.3 is 0 Å². The van der Waals surface area contributed by atoms with E-state index in [4.69, 9.17) is 4.74 Å². The minimum atomic E-state index is -0.721. The molecule has 1 aromatic heterocycles. The molecule has 0 saturated heterocycles. The quantitative estimate of drug-likeness (QED) is 0.639. The lowest BCUT2D eigenvalue weighted by Gasteiger charge is -2.33. The van der Waals surface area contributed by atoms with Gasteiger partial charge in [-0.1, -0.05) is 42.5 Å². The van der Waals surface area contributed by atoms with Crippen LogP contribution in [0, 0.1) is 13.8 Å². The highest BCUT2D eigenvalue weighted by Crippen LogP contribution is 2.37. The van der Waals surface area contributed by atoms with Gasteiger partial charge in [-0.3, -0.25) is 14.5 Å². The Hall–Kier alpha value is -3.67. The first-order chi connectivity index (χ1) is 15.0. The largest absolute Gasteiger partial charge is 0.472 e. The van der Waals surface area contributed by atoms with E-state index in [1.807, 2.05) is 68.4 Å². The van der Waals surface area contributed by atoms with Crippen LogP contribution in [-0.2, 0) is 9.59 Å². The molecule has 4 rings (SSSR count). The highest BCUT2D eigenvalue weighted by atomic mass is 16.5. The highest BCUT2D eigenvalue weighted by Gasteiger charge is 2.36. The minimum Gasteiger partial charge on any atom is -0.472 e. The molecule has 0 spiro atoms. The fraction of sp³-hybridized carbons (Fsp3) is 0.240. The first kappa shape index (κ1) is 20.6. The standard InChI is InChI=1S/C25H25N3O3/c1-17-9-6-12-20(18(17)2)27-22(29)14-8-16-28-24-21(13-7-15-26-24)31-23(25(28)30)19-10-4-3-5-11-19/h3-7,9-13,15,23H,8,14,16H2,1-2H3,(H,27,29)/t23-/m0/s1. The van der Waals surface area contributed by atoms with Crippen molar-refractivity contribution in [2.45, 2.75) is 32.8 Å². The number of nitrogens with zero attached hydrogens (tertiary/aromatic N) is 2. The molecule has 1 N–H and O–H groups in total. The number of rotatable bonds is 6. The third kappa shape index (κ3) is 4.43. The van der Waals surface area contributed by atoms with Gasteiger partial charge in [0.25, 0.3) is 5.91 Å². The third-order valence-corrected chi connectivity index (χ3v) is 5.51. The molecule has 1 aliphatic rings. The summed E-state index contributed by atoms with van der Waals surface area (Å²) in [7, 11) is 0. The molecule has 1 atom stereocenters. The van der Waals surface area contributed by atoms with Crippen molar-refractivity contribution >= 4 is 23.3 Å². The van der Waals surface area contributed by atoms with E-state index in [1.54, 1.807) is 17.2 Å². The molecule has 1 aliphatic heterocycles. The molecule has 2 amide bonds. The Bertz CT molecular complexity index is 1100. The number of benzene rings is 2. The third-order valence-electron chi connectivity index (χ3n) is 5.51. The molecule has 31 heavy (non-hydrogen) atoms. The normalized spacial score (nSPS) is 15.2. The summed E-state index contributed by atoms with van der Waals surface area (Å²) >= 11 is 0. The second kappa shape index (κ2) is 9.00. The summed E-state index contributed by atoms with van der Waals surface area (Å²) in [5.74, 6) is 0.813. The van der Waals surface area contributed by atoms with E-state index >= 15 is 0 Å². The van der Waals surface area contributed by atoms with Crippen LogP contribution in [0.25, 0.3) is 0 Å². The summed E-state index contributed by atoms with van der Waals surface area (Å²) in [5, 5.41) is 2.97. The zero-order valence-electron chi connectivity index (χ0n) is 17.7. The Balaban J connectivity index is 1.45. The Morgan fingerprint density at radius 3 is 2.68 bits per heavy atom. The van der Waals surface area contributed by atoms with Crippen molar-refractivity contribution in [3.8, 4) is 5.75 Å². The molecular weight excluding hydrogens is 390 g/mol. The van der Waals surface area contributed by atoms with Gasteiger partial charge in [-0.15, -0.1) is 0 Å². The van der Waals surface area contributed by atoms with E-state index in [0.717, 1.165) is 22.4 Å². The van der Waals surface area contributed by atoms with Crippen LogP contribution in [0.2, 0.25) is 0 Å². The van der Waals surface area contributed by atoms with Crippen molar-refractivity contribution in [2.24, 2.45) is 0 Å². The van der Waals surface area contributed by atoms with E-state index in [0.29, 0.717) is 31.0 Å². The van der Waals surface area contributed by atoms with Crippen LogP contribution in [0.4, 0.5) is 11.5 Å². The SMILES string of the molecule is Cc1cccc(NC(=O)CCCN2C(=O)[C@H](c3ccccc3)Oc3cccnc32)c1C. The van der Waals surface area contributed by atoms with Crippen LogP contribution in [0.15, 0.2) is 66.9 Å². The van der Waals surface area contributed by atoms with Crippen LogP contribution in [0.1, 0.15) is 35.6 Å². The van der Waals surface area contributed by atoms with Crippen molar-refractivity contribution in [1.29, 1.82) is 0 Å². The number of anilines is 2. The van der Waals surface area contributed by atoms with Crippen molar-refractivity contribution in [3.63, 3.8) is 0 Å². The number of aryl methyl sites for hydroxylation is 1. The number of aromatic nitrogens is 1. The molecule has 0 unspecified atom stereocenters. The first-order valence-corrected chi connectivity index (χ1v) is 10.4. The topological polar surface area (TPSA) is 71.5 Å². The number of hydrogen-bond donors (Lipinski definition) is 1. The van der Waals surface area contributed by atoms with Crippen LogP contribution in [-0.4, -0.2) is 23.3 Å². The summed E-state index contributed by atoms with van der Waals surface area (Å²) in [5.41, 5.74) is 3.80. The van der Waals surface area contributed by atoms with Gasteiger partial charge in [0.1, 0.15) is 0 Å². The van der Waals surface area contributed by atoms with Crippen molar-refractivity contribution < 1.29 is 14.3 Å². The molecule has 0 radical (unpaired) electrons. The highest BCUT2D eigenvalue weighted by molar-refractivity contribution is 5.99. The van der Waals surface area contributed by atoms with Crippen molar-refractivity contribution in [2.75, 3.05) is 16.8 Å². The molecule has 3 aromatic rings. The Kier molecular flexibility index (Phi) is 5.98. The number of nitrogens with one attached hydrogen (secondary N) is 1. The van der Waals surface area contributed by atoms with Gasteiger partial charge in [-0.2, -0.15) is 0 Å². The molecule has 0 fully saturated rings. The monoisotopic (exact) mass is 415 g/mol. The maximum Gasteiger partial charge on any atom is 0.274 e. The summed E-state index contributed by atoms with van der Waals surface area (Å²) < 4.78 is 5.96. The number of fused-ring (bicyclic) bond motifs is 1. The van der Waals surface area contributed by atoms with E-state index in [-0.39, 0.29) is 11.8 Å². The number of hydrogen-bond acceptors (Lipinski definition) is 4. The molecular formula is C25H25N3O3. The lowest BCUT2D eigenvalue weighted by Crippen LogP contribution is -2.42. The predicted molar refractivity (Wildman–Crippen MR) is 120 cm³/mol. The molecule has 6 nitrogen and oxygen atoms in total.